The summed E-state index contributed by atoms with van der Waals surface area (Å²) in [7, 11) is 0. The van der Waals surface area contributed by atoms with E-state index in [0.29, 0.717) is 19.3 Å². The van der Waals surface area contributed by atoms with Crippen molar-refractivity contribution in [2.45, 2.75) is 348 Å². The molecule has 0 saturated carbocycles. The van der Waals surface area contributed by atoms with Crippen molar-refractivity contribution in [1.29, 1.82) is 0 Å². The molecule has 0 N–H and O–H groups in total. The lowest BCUT2D eigenvalue weighted by Crippen LogP contribution is -2.30. The summed E-state index contributed by atoms with van der Waals surface area (Å²) in [6.07, 6.45) is 97.0. The molecule has 0 radical (unpaired) electrons. The van der Waals surface area contributed by atoms with Gasteiger partial charge in [-0.3, -0.25) is 14.4 Å². The number of ether oxygens (including phenoxy) is 3. The van der Waals surface area contributed by atoms with Crippen molar-refractivity contribution in [3.8, 4) is 0 Å². The van der Waals surface area contributed by atoms with E-state index in [1.165, 1.54) is 186 Å². The molecule has 83 heavy (non-hydrogen) atoms. The lowest BCUT2D eigenvalue weighted by Gasteiger charge is -2.18. The average molecular weight is 1150 g/mol. The van der Waals surface area contributed by atoms with Crippen LogP contribution in [0.3, 0.4) is 0 Å². The van der Waals surface area contributed by atoms with Gasteiger partial charge in [-0.25, -0.2) is 0 Å². The summed E-state index contributed by atoms with van der Waals surface area (Å²) in [6, 6.07) is 0. The summed E-state index contributed by atoms with van der Waals surface area (Å²) >= 11 is 0. The van der Waals surface area contributed by atoms with Gasteiger partial charge in [0.05, 0.1) is 0 Å². The van der Waals surface area contributed by atoms with Crippen LogP contribution in [0.15, 0.2) is 109 Å². The van der Waals surface area contributed by atoms with Crippen molar-refractivity contribution in [1.82, 2.24) is 0 Å². The van der Waals surface area contributed by atoms with Crippen molar-refractivity contribution >= 4 is 17.9 Å². The Kier molecular flexibility index (Phi) is 67.2. The summed E-state index contributed by atoms with van der Waals surface area (Å²) in [5.41, 5.74) is 0. The molecule has 1 atom stereocenters. The highest BCUT2D eigenvalue weighted by Gasteiger charge is 2.19. The number of carbonyl (C=O) groups excluding carboxylic acids is 3. The van der Waals surface area contributed by atoms with E-state index < -0.39 is 6.10 Å². The second-order valence-electron chi connectivity index (χ2n) is 23.4. The van der Waals surface area contributed by atoms with E-state index in [9.17, 15) is 14.4 Å². The number of hydrogen-bond acceptors (Lipinski definition) is 6. The SMILES string of the molecule is CC/C=C\C/C=C\C/C=C\C/C=C\C/C=C\CCCCCCCCCCCCCCCCCC(=O)OCC(COC(=O)CCCCC/C=C\C/C=C\C/C=C\CC)OC(=O)CCCCCCCCCCC/C=C\CCCCCCCCCC. The van der Waals surface area contributed by atoms with Gasteiger partial charge >= 0.3 is 17.9 Å². The molecule has 476 valence electrons. The van der Waals surface area contributed by atoms with Crippen molar-refractivity contribution in [2.24, 2.45) is 0 Å². The number of allylic oxidation sites excluding steroid dienone is 18. The molecule has 0 amide bonds. The zero-order chi connectivity index (χ0) is 59.9. The van der Waals surface area contributed by atoms with E-state index in [2.05, 4.69) is 130 Å². The molecule has 0 aliphatic rings. The number of unbranched alkanes of at least 4 members (excludes halogenated alkanes) is 35. The van der Waals surface area contributed by atoms with Crippen LogP contribution in [0.25, 0.3) is 0 Å². The fourth-order valence-corrected chi connectivity index (χ4v) is 10.0. The fraction of sp³-hybridized carbons (Fsp3) is 0.727. The van der Waals surface area contributed by atoms with Crippen LogP contribution in [0.5, 0.6) is 0 Å². The molecule has 0 aliphatic heterocycles. The number of carbonyl (C=O) groups is 3. The molecule has 0 aromatic carbocycles. The third-order valence-electron chi connectivity index (χ3n) is 15.2. The van der Waals surface area contributed by atoms with Gasteiger partial charge < -0.3 is 14.2 Å². The monoisotopic (exact) mass is 1150 g/mol. The highest BCUT2D eigenvalue weighted by atomic mass is 16.6. The Balaban J connectivity index is 4.24. The first kappa shape index (κ1) is 79.1. The molecule has 0 saturated heterocycles. The van der Waals surface area contributed by atoms with E-state index in [1.54, 1.807) is 0 Å². The Morgan fingerprint density at radius 1 is 0.253 bits per heavy atom. The number of rotatable bonds is 64. The fourth-order valence-electron chi connectivity index (χ4n) is 10.0. The molecule has 0 aromatic heterocycles. The van der Waals surface area contributed by atoms with Gasteiger partial charge in [-0.2, -0.15) is 0 Å². The minimum atomic E-state index is -0.793. The van der Waals surface area contributed by atoms with Gasteiger partial charge in [0.2, 0.25) is 0 Å². The molecule has 0 aromatic rings. The third-order valence-corrected chi connectivity index (χ3v) is 15.2. The molecule has 0 bridgehead atoms. The first-order valence-corrected chi connectivity index (χ1v) is 35.4. The van der Waals surface area contributed by atoms with Gasteiger partial charge in [0, 0.05) is 19.3 Å². The Morgan fingerprint density at radius 3 is 0.759 bits per heavy atom. The Bertz CT molecular complexity index is 1660. The molecule has 0 heterocycles. The maximum Gasteiger partial charge on any atom is 0.306 e. The zero-order valence-corrected chi connectivity index (χ0v) is 54.7. The van der Waals surface area contributed by atoms with Gasteiger partial charge in [-0.15, -0.1) is 0 Å². The Labute approximate surface area is 514 Å². The van der Waals surface area contributed by atoms with E-state index in [0.717, 1.165) is 116 Å². The van der Waals surface area contributed by atoms with Gasteiger partial charge in [-0.1, -0.05) is 310 Å². The van der Waals surface area contributed by atoms with Crippen LogP contribution in [-0.4, -0.2) is 37.2 Å². The largest absolute Gasteiger partial charge is 0.462 e. The minimum absolute atomic E-state index is 0.0865. The van der Waals surface area contributed by atoms with Crippen LogP contribution in [0.4, 0.5) is 0 Å². The van der Waals surface area contributed by atoms with Crippen LogP contribution in [0.1, 0.15) is 342 Å². The predicted octanol–water partition coefficient (Wildman–Crippen LogP) is 24.6. The van der Waals surface area contributed by atoms with Crippen LogP contribution in [0, 0.1) is 0 Å². The summed E-state index contributed by atoms with van der Waals surface area (Å²) < 4.78 is 16.9. The van der Waals surface area contributed by atoms with Gasteiger partial charge in [0.15, 0.2) is 6.10 Å². The van der Waals surface area contributed by atoms with Gasteiger partial charge in [0.25, 0.3) is 0 Å². The maximum absolute atomic E-state index is 12.9. The third kappa shape index (κ3) is 68.7. The maximum atomic E-state index is 12.9. The second-order valence-corrected chi connectivity index (χ2v) is 23.4. The summed E-state index contributed by atoms with van der Waals surface area (Å²) in [5, 5.41) is 0. The van der Waals surface area contributed by atoms with Crippen molar-refractivity contribution < 1.29 is 28.6 Å². The smallest absolute Gasteiger partial charge is 0.306 e. The Hall–Kier alpha value is -3.93. The molecular formula is C77H132O6. The second kappa shape index (κ2) is 70.6. The molecule has 0 aliphatic carbocycles. The lowest BCUT2D eigenvalue weighted by molar-refractivity contribution is -0.167. The molecule has 1 unspecified atom stereocenters. The topological polar surface area (TPSA) is 78.9 Å². The quantitative estimate of drug-likeness (QED) is 0.0261. The van der Waals surface area contributed by atoms with E-state index in [-0.39, 0.29) is 31.1 Å². The highest BCUT2D eigenvalue weighted by molar-refractivity contribution is 5.71. The summed E-state index contributed by atoms with van der Waals surface area (Å²) in [6.45, 7) is 6.42. The van der Waals surface area contributed by atoms with Crippen LogP contribution >= 0.6 is 0 Å². The van der Waals surface area contributed by atoms with Gasteiger partial charge in [0.1, 0.15) is 13.2 Å². The molecule has 0 rings (SSSR count). The molecule has 6 heteroatoms. The van der Waals surface area contributed by atoms with Gasteiger partial charge in [-0.05, 0) is 122 Å². The van der Waals surface area contributed by atoms with Crippen LogP contribution in [0.2, 0.25) is 0 Å². The van der Waals surface area contributed by atoms with Crippen molar-refractivity contribution in [3.63, 3.8) is 0 Å². The molecular weight excluding hydrogens is 1020 g/mol. The van der Waals surface area contributed by atoms with Crippen LogP contribution in [-0.2, 0) is 28.6 Å². The highest BCUT2D eigenvalue weighted by Crippen LogP contribution is 2.17. The summed E-state index contributed by atoms with van der Waals surface area (Å²) in [5.74, 6) is -0.906. The predicted molar refractivity (Wildman–Crippen MR) is 362 cm³/mol. The summed E-state index contributed by atoms with van der Waals surface area (Å²) in [4.78, 5) is 38.4. The molecule has 0 fully saturated rings. The van der Waals surface area contributed by atoms with Crippen LogP contribution < -0.4 is 0 Å². The minimum Gasteiger partial charge on any atom is -0.462 e. The first-order valence-electron chi connectivity index (χ1n) is 35.4. The van der Waals surface area contributed by atoms with E-state index in [1.807, 2.05) is 0 Å². The lowest BCUT2D eigenvalue weighted by atomic mass is 10.0. The van der Waals surface area contributed by atoms with Crippen molar-refractivity contribution in [2.75, 3.05) is 13.2 Å². The van der Waals surface area contributed by atoms with E-state index >= 15 is 0 Å². The standard InChI is InChI=1S/C77H132O6/c1-4-7-10-13-16-19-22-25-27-29-31-33-34-35-36-37-38-39-40-41-42-44-45-47-49-52-55-58-61-64-67-70-76(79)82-73-74(72-81-75(78)69-66-63-60-57-54-51-24-21-18-15-12-9-6-3)83-77(80)71-68-65-62-59-56-53-50-48-46-43-32-30-28-26-23-20-17-14-11-8-5-2/h7,9-10,12,16,18-19,21,25,27,30-33,35-36,51,54,74H,4-6,8,11,13-15,17,20,22-24,26,28-29,34,37-50,52-53,55-73H2,1-3H3/b10-7-,12-9-,19-16-,21-18-,27-25-,32-30-,33-31-,36-35-,54-51-. The normalized spacial score (nSPS) is 12.8. The average Bonchev–Trinajstić information content (AvgIpc) is 3.49. The molecule has 6 nitrogen and oxygen atoms in total. The number of esters is 3. The first-order chi connectivity index (χ1) is 41.0. The Morgan fingerprint density at radius 2 is 0.470 bits per heavy atom. The molecule has 0 spiro atoms. The van der Waals surface area contributed by atoms with Crippen molar-refractivity contribution in [3.05, 3.63) is 109 Å². The zero-order valence-electron chi connectivity index (χ0n) is 54.7. The van der Waals surface area contributed by atoms with E-state index in [4.69, 9.17) is 14.2 Å². The number of hydrogen-bond donors (Lipinski definition) is 0.